The van der Waals surface area contributed by atoms with Gasteiger partial charge in [-0.2, -0.15) is 0 Å². The van der Waals surface area contributed by atoms with Crippen LogP contribution in [-0.2, 0) is 19.1 Å². The smallest absolute Gasteiger partial charge is 0.311 e. The van der Waals surface area contributed by atoms with Crippen molar-refractivity contribution in [2.24, 2.45) is 5.92 Å². The number of hydrogen-bond acceptors (Lipinski definition) is 7. The van der Waals surface area contributed by atoms with Gasteiger partial charge < -0.3 is 19.5 Å². The molecule has 180 valence electrons. The van der Waals surface area contributed by atoms with Crippen molar-refractivity contribution in [1.82, 2.24) is 10.4 Å². The molecule has 2 aromatic carbocycles. The lowest BCUT2D eigenvalue weighted by Crippen LogP contribution is -2.43. The molecule has 0 bridgehead atoms. The first-order valence-electron chi connectivity index (χ1n) is 9.97. The van der Waals surface area contributed by atoms with E-state index in [1.165, 1.54) is 26.4 Å². The lowest BCUT2D eigenvalue weighted by molar-refractivity contribution is -0.151. The number of esters is 1. The highest BCUT2D eigenvalue weighted by molar-refractivity contribution is 6.44. The molecule has 0 aliphatic carbocycles. The molecule has 1 aliphatic rings. The molecule has 0 spiro atoms. The van der Waals surface area contributed by atoms with Gasteiger partial charge in [-0.05, 0) is 30.3 Å². The van der Waals surface area contributed by atoms with E-state index in [1.807, 2.05) is 0 Å². The van der Waals surface area contributed by atoms with Crippen LogP contribution in [0.25, 0.3) is 0 Å². The maximum atomic E-state index is 12.5. The SMILES string of the molecule is COc1ccc(C(=O)NN2C[C@H](C(=O)OCC(=O)Nc3cccc(Cl)c3Cl)CC2=O)cc1OC. The van der Waals surface area contributed by atoms with E-state index >= 15 is 0 Å². The zero-order valence-corrected chi connectivity index (χ0v) is 19.7. The number of benzene rings is 2. The normalized spacial score (nSPS) is 15.0. The molecule has 1 saturated heterocycles. The molecule has 10 nitrogen and oxygen atoms in total. The van der Waals surface area contributed by atoms with Crippen molar-refractivity contribution in [2.75, 3.05) is 32.7 Å². The van der Waals surface area contributed by atoms with Crippen LogP contribution < -0.4 is 20.2 Å². The summed E-state index contributed by atoms with van der Waals surface area (Å²) in [5.41, 5.74) is 2.96. The molecule has 0 radical (unpaired) electrons. The van der Waals surface area contributed by atoms with Crippen molar-refractivity contribution < 1.29 is 33.4 Å². The van der Waals surface area contributed by atoms with Gasteiger partial charge in [0.15, 0.2) is 18.1 Å². The third kappa shape index (κ3) is 5.89. The Hall–Kier alpha value is -3.50. The minimum atomic E-state index is -0.847. The van der Waals surface area contributed by atoms with Gasteiger partial charge in [0.2, 0.25) is 5.91 Å². The van der Waals surface area contributed by atoms with Crippen molar-refractivity contribution >= 4 is 52.6 Å². The molecular weight excluding hydrogens is 489 g/mol. The standard InChI is InChI=1S/C22H21Cl2N3O7/c1-32-16-7-6-12(8-17(16)33-2)21(30)26-27-10-13(9-19(27)29)22(31)34-11-18(28)25-15-5-3-4-14(23)20(15)24/h3-8,13H,9-11H2,1-2H3,(H,25,28)(H,26,30)/t13-/m1/s1. The van der Waals surface area contributed by atoms with Crippen LogP contribution in [0.3, 0.4) is 0 Å². The minimum absolute atomic E-state index is 0.0988. The number of anilines is 1. The predicted molar refractivity (Wildman–Crippen MR) is 123 cm³/mol. The number of halogens is 2. The van der Waals surface area contributed by atoms with Gasteiger partial charge in [-0.3, -0.25) is 29.6 Å². The monoisotopic (exact) mass is 509 g/mol. The fraction of sp³-hybridized carbons (Fsp3) is 0.273. The van der Waals surface area contributed by atoms with Gasteiger partial charge >= 0.3 is 5.97 Å². The third-order valence-electron chi connectivity index (χ3n) is 4.91. The van der Waals surface area contributed by atoms with E-state index in [1.54, 1.807) is 24.3 Å². The summed E-state index contributed by atoms with van der Waals surface area (Å²) >= 11 is 11.9. The topological polar surface area (TPSA) is 123 Å². The molecule has 3 rings (SSSR count). The Morgan fingerprint density at radius 3 is 2.53 bits per heavy atom. The number of carbonyl (C=O) groups is 4. The van der Waals surface area contributed by atoms with E-state index in [-0.39, 0.29) is 34.3 Å². The van der Waals surface area contributed by atoms with Gasteiger partial charge in [-0.1, -0.05) is 29.3 Å². The van der Waals surface area contributed by atoms with Crippen LogP contribution in [-0.4, -0.2) is 56.1 Å². The van der Waals surface area contributed by atoms with Crippen LogP contribution >= 0.6 is 23.2 Å². The van der Waals surface area contributed by atoms with Crippen LogP contribution in [0, 0.1) is 5.92 Å². The summed E-state index contributed by atoms with van der Waals surface area (Å²) in [7, 11) is 2.90. The summed E-state index contributed by atoms with van der Waals surface area (Å²) < 4.78 is 15.3. The average Bonchev–Trinajstić information content (AvgIpc) is 3.20. The van der Waals surface area contributed by atoms with Crippen LogP contribution in [0.1, 0.15) is 16.8 Å². The molecule has 3 amide bonds. The van der Waals surface area contributed by atoms with Crippen molar-refractivity contribution in [3.63, 3.8) is 0 Å². The maximum Gasteiger partial charge on any atom is 0.311 e. The first-order valence-corrected chi connectivity index (χ1v) is 10.7. The highest BCUT2D eigenvalue weighted by Crippen LogP contribution is 2.30. The highest BCUT2D eigenvalue weighted by Gasteiger charge is 2.36. The Kier molecular flexibility index (Phi) is 8.19. The summed E-state index contributed by atoms with van der Waals surface area (Å²) in [6.07, 6.45) is -0.174. The second kappa shape index (κ2) is 11.1. The zero-order chi connectivity index (χ0) is 24.8. The summed E-state index contributed by atoms with van der Waals surface area (Å²) in [5, 5.41) is 3.95. The number of hydrazine groups is 1. The van der Waals surface area contributed by atoms with Crippen LogP contribution in [0.4, 0.5) is 5.69 Å². The summed E-state index contributed by atoms with van der Waals surface area (Å²) in [4.78, 5) is 49.3. The number of rotatable bonds is 8. The quantitative estimate of drug-likeness (QED) is 0.524. The number of ether oxygens (including phenoxy) is 3. The van der Waals surface area contributed by atoms with Crippen molar-refractivity contribution in [1.29, 1.82) is 0 Å². The van der Waals surface area contributed by atoms with Gasteiger partial charge in [0.05, 0.1) is 42.4 Å². The molecule has 0 saturated carbocycles. The maximum absolute atomic E-state index is 12.5. The predicted octanol–water partition coefficient (Wildman–Crippen LogP) is 2.69. The highest BCUT2D eigenvalue weighted by atomic mass is 35.5. The fourth-order valence-electron chi connectivity index (χ4n) is 3.18. The molecule has 2 N–H and O–H groups in total. The largest absolute Gasteiger partial charge is 0.493 e. The molecule has 1 fully saturated rings. The lowest BCUT2D eigenvalue weighted by Gasteiger charge is -2.18. The summed E-state index contributed by atoms with van der Waals surface area (Å²) in [6, 6.07) is 9.24. The van der Waals surface area contributed by atoms with Gasteiger partial charge in [-0.25, -0.2) is 0 Å². The first kappa shape index (κ1) is 25.1. The Morgan fingerprint density at radius 2 is 1.82 bits per heavy atom. The molecule has 12 heteroatoms. The molecule has 34 heavy (non-hydrogen) atoms. The molecular formula is C22H21Cl2N3O7. The van der Waals surface area contributed by atoms with Crippen LogP contribution in [0.2, 0.25) is 10.0 Å². The second-order valence-corrected chi connectivity index (χ2v) is 7.96. The van der Waals surface area contributed by atoms with Gasteiger partial charge in [-0.15, -0.1) is 0 Å². The van der Waals surface area contributed by atoms with E-state index in [0.29, 0.717) is 11.5 Å². The Bertz CT molecular complexity index is 1130. The zero-order valence-electron chi connectivity index (χ0n) is 18.2. The number of amides is 3. The second-order valence-electron chi connectivity index (χ2n) is 7.17. The van der Waals surface area contributed by atoms with Gasteiger partial charge in [0.1, 0.15) is 0 Å². The van der Waals surface area contributed by atoms with Crippen molar-refractivity contribution in [3.8, 4) is 11.5 Å². The fourth-order valence-corrected chi connectivity index (χ4v) is 3.53. The number of methoxy groups -OCH3 is 2. The number of carbonyl (C=O) groups excluding carboxylic acids is 4. The van der Waals surface area contributed by atoms with E-state index in [4.69, 9.17) is 37.4 Å². The minimum Gasteiger partial charge on any atom is -0.493 e. The Morgan fingerprint density at radius 1 is 1.09 bits per heavy atom. The van der Waals surface area contributed by atoms with Crippen molar-refractivity contribution in [3.05, 3.63) is 52.0 Å². The number of nitrogens with zero attached hydrogens (tertiary/aromatic N) is 1. The molecule has 1 heterocycles. The Labute approximate surface area is 205 Å². The molecule has 1 atom stereocenters. The molecule has 0 aromatic heterocycles. The number of hydrogen-bond donors (Lipinski definition) is 2. The number of nitrogens with one attached hydrogen (secondary N) is 2. The van der Waals surface area contributed by atoms with E-state index in [0.717, 1.165) is 5.01 Å². The lowest BCUT2D eigenvalue weighted by atomic mass is 10.1. The van der Waals surface area contributed by atoms with E-state index < -0.39 is 36.2 Å². The van der Waals surface area contributed by atoms with Crippen LogP contribution in [0.15, 0.2) is 36.4 Å². The summed E-state index contributed by atoms with van der Waals surface area (Å²) in [6.45, 7) is -0.678. The molecule has 0 unspecified atom stereocenters. The van der Waals surface area contributed by atoms with E-state index in [9.17, 15) is 19.2 Å². The Balaban J connectivity index is 1.52. The molecule has 1 aliphatic heterocycles. The van der Waals surface area contributed by atoms with Crippen molar-refractivity contribution in [2.45, 2.75) is 6.42 Å². The average molecular weight is 510 g/mol. The molecule has 2 aromatic rings. The third-order valence-corrected chi connectivity index (χ3v) is 5.73. The first-order chi connectivity index (χ1) is 16.2. The van der Waals surface area contributed by atoms with Crippen LogP contribution in [0.5, 0.6) is 11.5 Å². The van der Waals surface area contributed by atoms with E-state index in [2.05, 4.69) is 10.7 Å². The summed E-state index contributed by atoms with van der Waals surface area (Å²) in [5.74, 6) is -2.46. The van der Waals surface area contributed by atoms with Gasteiger partial charge in [0, 0.05) is 12.0 Å². The van der Waals surface area contributed by atoms with Gasteiger partial charge in [0.25, 0.3) is 11.8 Å².